The summed E-state index contributed by atoms with van der Waals surface area (Å²) < 4.78 is 16.4. The smallest absolute Gasteiger partial charge is 0.254 e. The highest BCUT2D eigenvalue weighted by Crippen LogP contribution is 2.33. The molecule has 2 aromatic carbocycles. The Morgan fingerprint density at radius 3 is 2.51 bits per heavy atom. The van der Waals surface area contributed by atoms with Crippen molar-refractivity contribution in [2.45, 2.75) is 26.7 Å². The first-order chi connectivity index (χ1) is 17.9. The summed E-state index contributed by atoms with van der Waals surface area (Å²) in [6.45, 7) is 6.02. The van der Waals surface area contributed by atoms with Crippen molar-refractivity contribution in [3.63, 3.8) is 0 Å². The van der Waals surface area contributed by atoms with Crippen LogP contribution in [-0.2, 0) is 16.0 Å². The molecule has 1 aliphatic rings. The van der Waals surface area contributed by atoms with Crippen molar-refractivity contribution in [3.8, 4) is 11.1 Å². The second-order valence-corrected chi connectivity index (χ2v) is 9.52. The third-order valence-corrected chi connectivity index (χ3v) is 6.81. The topological polar surface area (TPSA) is 85.8 Å². The number of aromatic nitrogens is 1. The van der Waals surface area contributed by atoms with Gasteiger partial charge in [0.2, 0.25) is 0 Å². The summed E-state index contributed by atoms with van der Waals surface area (Å²) in [5.74, 6) is 1.38. The fraction of sp³-hybridized carbons (Fsp3) is 0.276. The molecular formula is C29H27ClN2O5. The van der Waals surface area contributed by atoms with Gasteiger partial charge in [-0.05, 0) is 67.5 Å². The van der Waals surface area contributed by atoms with Crippen LogP contribution in [0, 0.1) is 13.8 Å². The molecule has 0 unspecified atom stereocenters. The van der Waals surface area contributed by atoms with Gasteiger partial charge in [0, 0.05) is 42.4 Å². The van der Waals surface area contributed by atoms with Crippen molar-refractivity contribution in [3.05, 3.63) is 81.9 Å². The van der Waals surface area contributed by atoms with E-state index in [0.29, 0.717) is 66.8 Å². The largest absolute Gasteiger partial charge is 0.459 e. The van der Waals surface area contributed by atoms with Crippen molar-refractivity contribution in [2.24, 2.45) is 0 Å². The molecule has 2 aromatic heterocycles. The van der Waals surface area contributed by atoms with Gasteiger partial charge in [-0.1, -0.05) is 28.9 Å². The number of halogens is 1. The van der Waals surface area contributed by atoms with Gasteiger partial charge in [-0.25, -0.2) is 0 Å². The van der Waals surface area contributed by atoms with Crippen molar-refractivity contribution < 1.29 is 23.3 Å². The number of rotatable bonds is 7. The lowest BCUT2D eigenvalue weighted by Crippen LogP contribution is -2.40. The van der Waals surface area contributed by atoms with E-state index in [1.807, 2.05) is 61.2 Å². The summed E-state index contributed by atoms with van der Waals surface area (Å²) in [5.41, 5.74) is 4.70. The predicted molar refractivity (Wildman–Crippen MR) is 142 cm³/mol. The molecule has 0 bridgehead atoms. The molecule has 0 N–H and O–H groups in total. The highest BCUT2D eigenvalue weighted by atomic mass is 35.5. The fourth-order valence-electron chi connectivity index (χ4n) is 4.44. The predicted octanol–water partition coefficient (Wildman–Crippen LogP) is 6.05. The van der Waals surface area contributed by atoms with Crippen LogP contribution in [-0.4, -0.2) is 48.1 Å². The van der Waals surface area contributed by atoms with Crippen LogP contribution < -0.4 is 0 Å². The summed E-state index contributed by atoms with van der Waals surface area (Å²) in [7, 11) is 0. The van der Waals surface area contributed by atoms with E-state index in [-0.39, 0.29) is 11.7 Å². The van der Waals surface area contributed by atoms with Gasteiger partial charge in [-0.15, -0.1) is 0 Å². The van der Waals surface area contributed by atoms with Crippen molar-refractivity contribution in [1.29, 1.82) is 0 Å². The average Bonchev–Trinajstić information content (AvgIpc) is 3.48. The summed E-state index contributed by atoms with van der Waals surface area (Å²) in [5, 5.41) is 5.26. The second-order valence-electron chi connectivity index (χ2n) is 9.11. The minimum atomic E-state index is -0.0149. The molecule has 1 fully saturated rings. The van der Waals surface area contributed by atoms with Crippen LogP contribution in [0.15, 0.2) is 57.5 Å². The zero-order valence-electron chi connectivity index (χ0n) is 20.8. The van der Waals surface area contributed by atoms with Crippen LogP contribution in [0.2, 0.25) is 5.02 Å². The Hall–Kier alpha value is -3.68. The zero-order chi connectivity index (χ0) is 25.9. The maximum atomic E-state index is 12.7. The number of aryl methyl sites for hydroxylation is 3. The molecule has 0 saturated carbocycles. The lowest BCUT2D eigenvalue weighted by atomic mass is 10.0. The molecule has 0 spiro atoms. The van der Waals surface area contributed by atoms with Gasteiger partial charge in [0.1, 0.15) is 11.5 Å². The van der Waals surface area contributed by atoms with Crippen LogP contribution in [0.5, 0.6) is 0 Å². The quantitative estimate of drug-likeness (QED) is 0.277. The Labute approximate surface area is 219 Å². The number of hydrogen-bond donors (Lipinski definition) is 0. The molecule has 0 radical (unpaired) electrons. The van der Waals surface area contributed by atoms with Gasteiger partial charge in [0.05, 0.1) is 23.9 Å². The Morgan fingerprint density at radius 2 is 1.81 bits per heavy atom. The van der Waals surface area contributed by atoms with Gasteiger partial charge in [0.15, 0.2) is 11.4 Å². The molecule has 190 valence electrons. The van der Waals surface area contributed by atoms with Crippen LogP contribution >= 0.6 is 11.6 Å². The Balaban J connectivity index is 1.27. The van der Waals surface area contributed by atoms with E-state index in [0.717, 1.165) is 27.8 Å². The van der Waals surface area contributed by atoms with E-state index in [9.17, 15) is 9.59 Å². The van der Waals surface area contributed by atoms with E-state index in [1.165, 1.54) is 0 Å². The van der Waals surface area contributed by atoms with Gasteiger partial charge in [-0.3, -0.25) is 9.59 Å². The summed E-state index contributed by atoms with van der Waals surface area (Å²) in [6, 6.07) is 13.3. The van der Waals surface area contributed by atoms with Crippen molar-refractivity contribution >= 4 is 40.3 Å². The first-order valence-corrected chi connectivity index (χ1v) is 12.6. The van der Waals surface area contributed by atoms with Crippen LogP contribution in [0.3, 0.4) is 0 Å². The number of allylic oxidation sites excluding steroid dienone is 1. The molecule has 1 aliphatic heterocycles. The molecule has 7 nitrogen and oxygen atoms in total. The first kappa shape index (κ1) is 25.0. The standard InChI is InChI=1S/C29H27ClN2O5/c1-18-26(19(2)37-31-18)10-8-24(33)7-9-25-16-23-15-22(17-27(30)28(23)36-25)20-3-5-21(6-4-20)29(34)32-11-13-35-14-12-32/h3-6,8,10,15-17H,7,9,11-14H2,1-2H3/b10-8+. The number of morpholine rings is 1. The van der Waals surface area contributed by atoms with Crippen LogP contribution in [0.4, 0.5) is 0 Å². The zero-order valence-corrected chi connectivity index (χ0v) is 21.5. The molecule has 1 saturated heterocycles. The monoisotopic (exact) mass is 518 g/mol. The van der Waals surface area contributed by atoms with E-state index in [2.05, 4.69) is 5.16 Å². The summed E-state index contributed by atoms with van der Waals surface area (Å²) >= 11 is 6.55. The number of benzene rings is 2. The third-order valence-electron chi connectivity index (χ3n) is 6.53. The van der Waals surface area contributed by atoms with E-state index >= 15 is 0 Å². The fourth-order valence-corrected chi connectivity index (χ4v) is 4.71. The third kappa shape index (κ3) is 5.53. The molecule has 3 heterocycles. The van der Waals surface area contributed by atoms with E-state index < -0.39 is 0 Å². The lowest BCUT2D eigenvalue weighted by molar-refractivity contribution is -0.114. The maximum Gasteiger partial charge on any atom is 0.254 e. The van der Waals surface area contributed by atoms with E-state index in [4.69, 9.17) is 25.3 Å². The highest BCUT2D eigenvalue weighted by molar-refractivity contribution is 6.35. The number of amides is 1. The summed E-state index contributed by atoms with van der Waals surface area (Å²) in [6.07, 6.45) is 4.06. The second kappa shape index (κ2) is 10.7. The van der Waals surface area contributed by atoms with Crippen molar-refractivity contribution in [1.82, 2.24) is 10.1 Å². The maximum absolute atomic E-state index is 12.7. The molecule has 37 heavy (non-hydrogen) atoms. The number of furan rings is 1. The lowest BCUT2D eigenvalue weighted by Gasteiger charge is -2.26. The highest BCUT2D eigenvalue weighted by Gasteiger charge is 2.19. The number of ether oxygens (including phenoxy) is 1. The molecule has 1 amide bonds. The molecule has 0 atom stereocenters. The van der Waals surface area contributed by atoms with E-state index in [1.54, 1.807) is 12.2 Å². The molecule has 0 aliphatic carbocycles. The van der Waals surface area contributed by atoms with Gasteiger partial charge >= 0.3 is 0 Å². The van der Waals surface area contributed by atoms with Gasteiger partial charge in [0.25, 0.3) is 5.91 Å². The number of hydrogen-bond acceptors (Lipinski definition) is 6. The normalized spacial score (nSPS) is 14.1. The molecule has 5 rings (SSSR count). The average molecular weight is 519 g/mol. The summed E-state index contributed by atoms with van der Waals surface area (Å²) in [4.78, 5) is 26.9. The number of nitrogens with zero attached hydrogens (tertiary/aromatic N) is 2. The molecular weight excluding hydrogens is 492 g/mol. The Morgan fingerprint density at radius 1 is 1.05 bits per heavy atom. The Kier molecular flexibility index (Phi) is 7.26. The first-order valence-electron chi connectivity index (χ1n) is 12.2. The minimum Gasteiger partial charge on any atom is -0.459 e. The number of carbonyl (C=O) groups excluding carboxylic acids is 2. The molecule has 8 heteroatoms. The van der Waals surface area contributed by atoms with Gasteiger partial charge in [-0.2, -0.15) is 0 Å². The van der Waals surface area contributed by atoms with Crippen molar-refractivity contribution in [2.75, 3.05) is 26.3 Å². The minimum absolute atomic E-state index is 0.0129. The number of ketones is 1. The number of carbonyl (C=O) groups is 2. The van der Waals surface area contributed by atoms with Crippen LogP contribution in [0.25, 0.3) is 28.2 Å². The van der Waals surface area contributed by atoms with Crippen LogP contribution in [0.1, 0.15) is 39.6 Å². The molecule has 4 aromatic rings. The van der Waals surface area contributed by atoms with Gasteiger partial charge < -0.3 is 18.6 Å². The SMILES string of the molecule is Cc1noc(C)c1/C=C/C(=O)CCc1cc2cc(-c3ccc(C(=O)N4CCOCC4)cc3)cc(Cl)c2o1. The number of fused-ring (bicyclic) bond motifs is 1. The Bertz CT molecular complexity index is 1460.